The Labute approximate surface area is 167 Å². The molecule has 10 heteroatoms. The van der Waals surface area contributed by atoms with Gasteiger partial charge in [0.1, 0.15) is 6.04 Å². The fraction of sp³-hybridized carbons (Fsp3) is 0.500. The number of amides is 1. The lowest BCUT2D eigenvalue weighted by molar-refractivity contribution is -0.122. The van der Waals surface area contributed by atoms with Crippen molar-refractivity contribution in [1.29, 1.82) is 0 Å². The Bertz CT molecular complexity index is 1080. The number of carbonyl (C=O) groups excluding carboxylic acids is 2. The third-order valence-corrected chi connectivity index (χ3v) is 7.07. The van der Waals surface area contributed by atoms with Gasteiger partial charge in [0, 0.05) is 13.6 Å². The molecule has 0 spiro atoms. The van der Waals surface area contributed by atoms with Gasteiger partial charge in [-0.1, -0.05) is 17.8 Å². The third kappa shape index (κ3) is 4.18. The highest BCUT2D eigenvalue weighted by molar-refractivity contribution is 7.88. The van der Waals surface area contributed by atoms with Crippen LogP contribution in [0.5, 0.6) is 0 Å². The number of esters is 1. The molecule has 1 amide bonds. The van der Waals surface area contributed by atoms with E-state index in [0.29, 0.717) is 29.9 Å². The van der Waals surface area contributed by atoms with Crippen molar-refractivity contribution >= 4 is 43.5 Å². The summed E-state index contributed by atoms with van der Waals surface area (Å²) >= 11 is 1.27. The highest BCUT2D eigenvalue weighted by Gasteiger charge is 2.34. The summed E-state index contributed by atoms with van der Waals surface area (Å²) < 4.78 is 32.8. The molecule has 28 heavy (non-hydrogen) atoms. The summed E-state index contributed by atoms with van der Waals surface area (Å²) in [5, 5.41) is 0. The Kier molecular flexibility index (Phi) is 6.01. The molecule has 8 nitrogen and oxygen atoms in total. The third-order valence-electron chi connectivity index (χ3n) is 4.69. The van der Waals surface area contributed by atoms with Crippen LogP contribution in [0.25, 0.3) is 10.2 Å². The molecule has 3 rings (SSSR count). The summed E-state index contributed by atoms with van der Waals surface area (Å²) in [7, 11) is -1.69. The quantitative estimate of drug-likeness (QED) is 0.694. The minimum Gasteiger partial charge on any atom is -0.462 e. The fourth-order valence-electron chi connectivity index (χ4n) is 3.30. The molecule has 0 saturated carbocycles. The summed E-state index contributed by atoms with van der Waals surface area (Å²) in [6.07, 6.45) is 3.12. The second-order valence-corrected chi connectivity index (χ2v) is 9.63. The zero-order chi connectivity index (χ0) is 20.5. The average molecular weight is 426 g/mol. The fourth-order valence-corrected chi connectivity index (χ4v) is 5.48. The Hall–Kier alpha value is -2.04. The molecule has 2 aromatic rings. The van der Waals surface area contributed by atoms with Crippen molar-refractivity contribution in [2.24, 2.45) is 12.0 Å². The van der Waals surface area contributed by atoms with Gasteiger partial charge in [0.15, 0.2) is 4.80 Å². The van der Waals surface area contributed by atoms with Crippen LogP contribution in [0.2, 0.25) is 0 Å². The molecule has 1 fully saturated rings. The van der Waals surface area contributed by atoms with Gasteiger partial charge in [-0.05, 0) is 38.0 Å². The predicted molar refractivity (Wildman–Crippen MR) is 107 cm³/mol. The van der Waals surface area contributed by atoms with Crippen LogP contribution in [-0.4, -0.2) is 54.6 Å². The zero-order valence-electron chi connectivity index (χ0n) is 16.0. The lowest BCUT2D eigenvalue weighted by Gasteiger charge is -2.31. The van der Waals surface area contributed by atoms with Gasteiger partial charge in [-0.2, -0.15) is 9.30 Å². The van der Waals surface area contributed by atoms with Crippen LogP contribution in [0.4, 0.5) is 0 Å². The molecule has 0 aliphatic carbocycles. The van der Waals surface area contributed by atoms with E-state index in [0.717, 1.165) is 29.3 Å². The molecule has 1 saturated heterocycles. The number of ether oxygens (including phenoxy) is 1. The van der Waals surface area contributed by atoms with E-state index in [4.69, 9.17) is 4.74 Å². The van der Waals surface area contributed by atoms with Crippen molar-refractivity contribution in [3.05, 3.63) is 28.6 Å². The van der Waals surface area contributed by atoms with E-state index in [1.807, 2.05) is 0 Å². The largest absolute Gasteiger partial charge is 0.462 e. The molecule has 1 aromatic heterocycles. The lowest BCUT2D eigenvalue weighted by atomic mass is 10.0. The molecular weight excluding hydrogens is 402 g/mol. The van der Waals surface area contributed by atoms with Gasteiger partial charge >= 0.3 is 5.97 Å². The topological polar surface area (TPSA) is 98.0 Å². The van der Waals surface area contributed by atoms with Gasteiger partial charge in [0.05, 0.1) is 28.6 Å². The summed E-state index contributed by atoms with van der Waals surface area (Å²) in [6.45, 7) is 2.38. The average Bonchev–Trinajstić information content (AvgIpc) is 2.96. The van der Waals surface area contributed by atoms with Gasteiger partial charge in [-0.15, -0.1) is 0 Å². The number of nitrogens with zero attached hydrogens (tertiary/aromatic N) is 3. The minimum absolute atomic E-state index is 0.294. The molecule has 0 radical (unpaired) electrons. The molecule has 1 unspecified atom stereocenters. The first-order chi connectivity index (χ1) is 13.2. The maximum Gasteiger partial charge on any atom is 0.338 e. The maximum atomic E-state index is 12.8. The van der Waals surface area contributed by atoms with Crippen LogP contribution in [0, 0.1) is 0 Å². The van der Waals surface area contributed by atoms with Gasteiger partial charge in [0.25, 0.3) is 5.91 Å². The first kappa shape index (κ1) is 20.7. The Morgan fingerprint density at radius 2 is 2.07 bits per heavy atom. The monoisotopic (exact) mass is 425 g/mol. The van der Waals surface area contributed by atoms with Crippen molar-refractivity contribution in [3.63, 3.8) is 0 Å². The van der Waals surface area contributed by atoms with Gasteiger partial charge in [0.2, 0.25) is 10.0 Å². The Morgan fingerprint density at radius 1 is 1.32 bits per heavy atom. The first-order valence-corrected chi connectivity index (χ1v) is 11.7. The number of carbonyl (C=O) groups is 2. The van der Waals surface area contributed by atoms with Gasteiger partial charge < -0.3 is 9.30 Å². The van der Waals surface area contributed by atoms with Crippen molar-refractivity contribution < 1.29 is 22.7 Å². The van der Waals surface area contributed by atoms with Crippen molar-refractivity contribution in [3.8, 4) is 0 Å². The zero-order valence-corrected chi connectivity index (χ0v) is 17.7. The summed E-state index contributed by atoms with van der Waals surface area (Å²) in [5.41, 5.74) is 1.26. The Balaban J connectivity index is 1.98. The van der Waals surface area contributed by atoms with E-state index in [1.54, 1.807) is 36.7 Å². The molecule has 1 aliphatic heterocycles. The maximum absolute atomic E-state index is 12.8. The number of thiazole rings is 1. The smallest absolute Gasteiger partial charge is 0.338 e. The first-order valence-electron chi connectivity index (χ1n) is 9.04. The Morgan fingerprint density at radius 3 is 2.75 bits per heavy atom. The van der Waals surface area contributed by atoms with E-state index >= 15 is 0 Å². The number of piperidine rings is 1. The second-order valence-electron chi connectivity index (χ2n) is 6.68. The van der Waals surface area contributed by atoms with E-state index in [9.17, 15) is 18.0 Å². The van der Waals surface area contributed by atoms with E-state index in [-0.39, 0.29) is 0 Å². The molecule has 1 atom stereocenters. The molecule has 1 aliphatic rings. The van der Waals surface area contributed by atoms with Crippen LogP contribution in [-0.2, 0) is 26.6 Å². The van der Waals surface area contributed by atoms with E-state index < -0.39 is 27.9 Å². The van der Waals surface area contributed by atoms with Crippen molar-refractivity contribution in [1.82, 2.24) is 8.87 Å². The number of sulfonamides is 1. The van der Waals surface area contributed by atoms with Crippen LogP contribution >= 0.6 is 11.3 Å². The van der Waals surface area contributed by atoms with Crippen molar-refractivity contribution in [2.75, 3.05) is 19.4 Å². The van der Waals surface area contributed by atoms with E-state index in [1.165, 1.54) is 15.6 Å². The highest BCUT2D eigenvalue weighted by Crippen LogP contribution is 2.22. The molecule has 0 N–H and O–H groups in total. The number of aryl methyl sites for hydroxylation is 1. The van der Waals surface area contributed by atoms with Crippen LogP contribution < -0.4 is 4.80 Å². The van der Waals surface area contributed by atoms with Gasteiger partial charge in [-0.25, -0.2) is 13.2 Å². The summed E-state index contributed by atoms with van der Waals surface area (Å²) in [5.74, 6) is -0.862. The molecular formula is C18H23N3O5S2. The number of hydrogen-bond donors (Lipinski definition) is 0. The highest BCUT2D eigenvalue weighted by atomic mass is 32.2. The summed E-state index contributed by atoms with van der Waals surface area (Å²) in [6, 6.07) is 4.41. The van der Waals surface area contributed by atoms with Crippen molar-refractivity contribution in [2.45, 2.75) is 32.2 Å². The molecule has 1 aromatic carbocycles. The van der Waals surface area contributed by atoms with Crippen LogP contribution in [0.3, 0.4) is 0 Å². The molecule has 2 heterocycles. The number of aromatic nitrogens is 1. The number of rotatable bonds is 4. The standard InChI is InChI=1S/C18H23N3O5S2/c1-4-26-17(23)12-8-9-13-15(11-12)27-18(20(13)2)19-16(22)14-7-5-6-10-21(14)28(3,24)25/h8-9,11,14H,4-7,10H2,1-3H3. The number of benzene rings is 1. The number of hydrogen-bond acceptors (Lipinski definition) is 6. The predicted octanol–water partition coefficient (Wildman–Crippen LogP) is 1.66. The molecule has 152 valence electrons. The minimum atomic E-state index is -3.47. The SMILES string of the molecule is CCOC(=O)c1ccc2c(c1)sc(=NC(=O)C1CCCCN1S(C)(=O)=O)n2C. The lowest BCUT2D eigenvalue weighted by Crippen LogP contribution is -2.47. The summed E-state index contributed by atoms with van der Waals surface area (Å²) in [4.78, 5) is 29.4. The van der Waals surface area contributed by atoms with E-state index in [2.05, 4.69) is 4.99 Å². The normalized spacial score (nSPS) is 19.1. The second kappa shape index (κ2) is 8.14. The number of fused-ring (bicyclic) bond motifs is 1. The van der Waals surface area contributed by atoms with Crippen LogP contribution in [0.1, 0.15) is 36.5 Å². The van der Waals surface area contributed by atoms with Crippen LogP contribution in [0.15, 0.2) is 23.2 Å². The molecule has 0 bridgehead atoms. The van der Waals surface area contributed by atoms with Gasteiger partial charge in [-0.3, -0.25) is 4.79 Å².